The molecular weight excluding hydrogens is 402 g/mol. The Balaban J connectivity index is 3.00. The first-order valence-electron chi connectivity index (χ1n) is 10.2. The number of ether oxygens (including phenoxy) is 1. The Hall–Kier alpha value is -0.863. The maximum absolute atomic E-state index is 12.7. The number of hydrogen-bond acceptors (Lipinski definition) is 5. The van der Waals surface area contributed by atoms with E-state index in [0.717, 1.165) is 11.1 Å². The van der Waals surface area contributed by atoms with Crippen molar-refractivity contribution in [3.05, 3.63) is 35.4 Å². The van der Waals surface area contributed by atoms with Gasteiger partial charge in [-0.05, 0) is 57.0 Å². The van der Waals surface area contributed by atoms with E-state index >= 15 is 0 Å². The molecule has 0 aromatic heterocycles. The van der Waals surface area contributed by atoms with Crippen molar-refractivity contribution < 1.29 is 18.5 Å². The lowest BCUT2D eigenvalue weighted by molar-refractivity contribution is -0.142. The maximum atomic E-state index is 12.7. The minimum Gasteiger partial charge on any atom is -0.598 e. The van der Waals surface area contributed by atoms with Gasteiger partial charge in [0.2, 0.25) is 0 Å². The fourth-order valence-electron chi connectivity index (χ4n) is 2.26. The molecule has 0 heterocycles. The lowest BCUT2D eigenvalue weighted by Gasteiger charge is -2.37. The number of nitrogens with one attached hydrogen (secondary N) is 1. The molecule has 7 heteroatoms. The fourth-order valence-corrected chi connectivity index (χ4v) is 4.09. The minimum absolute atomic E-state index is 0.101. The Morgan fingerprint density at radius 3 is 2.14 bits per heavy atom. The Morgan fingerprint density at radius 1 is 1.14 bits per heavy atom. The van der Waals surface area contributed by atoms with Gasteiger partial charge in [0, 0.05) is 11.4 Å². The van der Waals surface area contributed by atoms with Crippen molar-refractivity contribution in [2.75, 3.05) is 13.2 Å². The third-order valence-corrected chi connectivity index (χ3v) is 11.4. The largest absolute Gasteiger partial charge is 0.598 e. The number of rotatable bonds is 9. The standard InChI is InChI=1S/C22H39NO4SSi/c1-10-26-20(24)15-17-11-13-18(14-12-17)19(23-28(25)21(2,3)4)16-27-29(8,9)22(5,6)7/h11-14,19,23H,10,15-16H2,1-9H3. The molecule has 0 radical (unpaired) electrons. The van der Waals surface area contributed by atoms with Crippen LogP contribution in [0, 0.1) is 0 Å². The molecule has 0 saturated carbocycles. The van der Waals surface area contributed by atoms with Crippen LogP contribution in [0.5, 0.6) is 0 Å². The highest BCUT2D eigenvalue weighted by Gasteiger charge is 2.38. The van der Waals surface area contributed by atoms with Gasteiger partial charge in [0.05, 0.1) is 25.7 Å². The zero-order chi connectivity index (χ0) is 22.5. The average molecular weight is 442 g/mol. The van der Waals surface area contributed by atoms with Crippen molar-refractivity contribution in [3.8, 4) is 0 Å². The van der Waals surface area contributed by atoms with Gasteiger partial charge < -0.3 is 13.7 Å². The number of carbonyl (C=O) groups is 1. The molecule has 0 aliphatic rings. The molecule has 0 aliphatic heterocycles. The Labute approximate surface area is 181 Å². The van der Waals surface area contributed by atoms with Crippen LogP contribution in [0.4, 0.5) is 0 Å². The first-order valence-corrected chi connectivity index (χ1v) is 14.3. The van der Waals surface area contributed by atoms with Crippen LogP contribution in [-0.2, 0) is 31.7 Å². The minimum atomic E-state index is -1.94. The van der Waals surface area contributed by atoms with Crippen LogP contribution in [0.3, 0.4) is 0 Å². The molecule has 2 unspecified atom stereocenters. The molecule has 1 aromatic rings. The summed E-state index contributed by atoms with van der Waals surface area (Å²) in [5.74, 6) is -0.231. The highest BCUT2D eigenvalue weighted by molar-refractivity contribution is 7.90. The Bertz CT molecular complexity index is 650. The third-order valence-electron chi connectivity index (χ3n) is 5.26. The molecule has 1 rings (SSSR count). The topological polar surface area (TPSA) is 70.6 Å². The summed E-state index contributed by atoms with van der Waals surface area (Å²) in [6.07, 6.45) is 0.251. The van der Waals surface area contributed by atoms with E-state index in [1.165, 1.54) is 0 Å². The third kappa shape index (κ3) is 8.42. The molecule has 0 fully saturated rings. The summed E-state index contributed by atoms with van der Waals surface area (Å²) >= 11 is -1.22. The second-order valence-corrected chi connectivity index (χ2v) is 16.7. The first-order chi connectivity index (χ1) is 13.2. The van der Waals surface area contributed by atoms with Gasteiger partial charge in [0.1, 0.15) is 4.75 Å². The summed E-state index contributed by atoms with van der Waals surface area (Å²) in [5.41, 5.74) is 1.89. The summed E-state index contributed by atoms with van der Waals surface area (Å²) in [4.78, 5) is 11.7. The van der Waals surface area contributed by atoms with Crippen LogP contribution in [-0.4, -0.2) is 36.8 Å². The summed E-state index contributed by atoms with van der Waals surface area (Å²) in [7, 11) is -1.94. The molecular formula is C22H39NO4SSi. The first kappa shape index (κ1) is 26.2. The zero-order valence-corrected chi connectivity index (χ0v) is 21.4. The molecule has 2 atom stereocenters. The molecule has 0 aliphatic carbocycles. The molecule has 1 N–H and O–H groups in total. The highest BCUT2D eigenvalue weighted by atomic mass is 32.2. The predicted octanol–water partition coefficient (Wildman–Crippen LogP) is 4.91. The molecule has 5 nitrogen and oxygen atoms in total. The number of hydrogen-bond donors (Lipinski definition) is 1. The van der Waals surface area contributed by atoms with Gasteiger partial charge in [-0.25, -0.2) is 0 Å². The van der Waals surface area contributed by atoms with Crippen molar-refractivity contribution >= 4 is 25.6 Å². The van der Waals surface area contributed by atoms with E-state index in [-0.39, 0.29) is 28.2 Å². The van der Waals surface area contributed by atoms with Gasteiger partial charge in [-0.2, -0.15) is 0 Å². The van der Waals surface area contributed by atoms with E-state index in [1.807, 2.05) is 45.0 Å². The van der Waals surface area contributed by atoms with Crippen molar-refractivity contribution in [3.63, 3.8) is 0 Å². The zero-order valence-electron chi connectivity index (χ0n) is 19.5. The lowest BCUT2D eigenvalue weighted by atomic mass is 10.0. The summed E-state index contributed by atoms with van der Waals surface area (Å²) < 4.78 is 27.1. The molecule has 166 valence electrons. The quantitative estimate of drug-likeness (QED) is 0.335. The number of benzene rings is 1. The van der Waals surface area contributed by atoms with Crippen molar-refractivity contribution in [1.82, 2.24) is 4.72 Å². The normalized spacial score (nSPS) is 15.1. The van der Waals surface area contributed by atoms with Crippen LogP contribution in [0.1, 0.15) is 65.6 Å². The van der Waals surface area contributed by atoms with E-state index < -0.39 is 19.7 Å². The second kappa shape index (κ2) is 10.4. The van der Waals surface area contributed by atoms with Crippen molar-refractivity contribution in [2.24, 2.45) is 0 Å². The fraction of sp³-hybridized carbons (Fsp3) is 0.682. The Kier molecular flexibility index (Phi) is 9.42. The summed E-state index contributed by atoms with van der Waals surface area (Å²) in [6, 6.07) is 7.60. The molecule has 29 heavy (non-hydrogen) atoms. The van der Waals surface area contributed by atoms with Crippen LogP contribution in [0.2, 0.25) is 18.1 Å². The lowest BCUT2D eigenvalue weighted by Crippen LogP contribution is -2.46. The number of carbonyl (C=O) groups excluding carboxylic acids is 1. The average Bonchev–Trinajstić information content (AvgIpc) is 2.57. The van der Waals surface area contributed by atoms with E-state index in [9.17, 15) is 9.35 Å². The molecule has 0 amide bonds. The van der Waals surface area contributed by atoms with Gasteiger partial charge >= 0.3 is 5.97 Å². The van der Waals surface area contributed by atoms with Crippen LogP contribution in [0.25, 0.3) is 0 Å². The highest BCUT2D eigenvalue weighted by Crippen LogP contribution is 2.37. The smallest absolute Gasteiger partial charge is 0.310 e. The van der Waals surface area contributed by atoms with E-state index in [0.29, 0.717) is 13.2 Å². The van der Waals surface area contributed by atoms with Crippen molar-refractivity contribution in [1.29, 1.82) is 0 Å². The van der Waals surface area contributed by atoms with Gasteiger partial charge in [-0.15, -0.1) is 4.72 Å². The monoisotopic (exact) mass is 441 g/mol. The van der Waals surface area contributed by atoms with E-state index in [2.05, 4.69) is 38.6 Å². The summed E-state index contributed by atoms with van der Waals surface area (Å²) in [6.45, 7) is 19.5. The van der Waals surface area contributed by atoms with Crippen LogP contribution < -0.4 is 4.72 Å². The van der Waals surface area contributed by atoms with Crippen LogP contribution in [0.15, 0.2) is 24.3 Å². The van der Waals surface area contributed by atoms with Crippen LogP contribution >= 0.6 is 0 Å². The summed E-state index contributed by atoms with van der Waals surface area (Å²) in [5, 5.41) is 0.101. The maximum Gasteiger partial charge on any atom is 0.310 e. The van der Waals surface area contributed by atoms with Gasteiger partial charge in [-0.3, -0.25) is 4.79 Å². The molecule has 0 spiro atoms. The molecule has 0 bridgehead atoms. The number of esters is 1. The SMILES string of the molecule is CCOC(=O)Cc1ccc(C(CO[Si](C)(C)C(C)(C)C)N[S+]([O-])C(C)(C)C)cc1. The Morgan fingerprint density at radius 2 is 1.69 bits per heavy atom. The second-order valence-electron chi connectivity index (χ2n) is 9.85. The van der Waals surface area contributed by atoms with Gasteiger partial charge in [0.25, 0.3) is 0 Å². The van der Waals surface area contributed by atoms with Crippen molar-refractivity contribution in [2.45, 2.75) is 83.8 Å². The van der Waals surface area contributed by atoms with Gasteiger partial charge in [-0.1, -0.05) is 45.0 Å². The predicted molar refractivity (Wildman–Crippen MR) is 124 cm³/mol. The molecule has 0 saturated heterocycles. The van der Waals surface area contributed by atoms with E-state index in [4.69, 9.17) is 9.16 Å². The molecule has 1 aromatic carbocycles. The van der Waals surface area contributed by atoms with E-state index in [1.54, 1.807) is 6.92 Å². The van der Waals surface area contributed by atoms with Gasteiger partial charge in [0.15, 0.2) is 8.32 Å².